The van der Waals surface area contributed by atoms with Crippen LogP contribution in [0.1, 0.15) is 19.4 Å². The van der Waals surface area contributed by atoms with Gasteiger partial charge in [0.25, 0.3) is 0 Å². The second-order valence-electron chi connectivity index (χ2n) is 3.66. The van der Waals surface area contributed by atoms with Gasteiger partial charge in [-0.25, -0.2) is 4.39 Å². The Morgan fingerprint density at radius 3 is 2.40 bits per heavy atom. The van der Waals surface area contributed by atoms with E-state index in [4.69, 9.17) is 4.74 Å². The molecule has 0 unspecified atom stereocenters. The first kappa shape index (κ1) is 12.3. The Bertz CT molecular complexity index is 385. The molecule has 0 saturated carbocycles. The fraction of sp³-hybridized carbons (Fsp3) is 0.400. The number of aromatic hydroxyl groups is 1. The van der Waals surface area contributed by atoms with Crippen molar-refractivity contribution in [1.82, 2.24) is 0 Å². The van der Waals surface area contributed by atoms with E-state index in [2.05, 4.69) is 15.9 Å². The zero-order valence-electron chi connectivity index (χ0n) is 8.64. The Kier molecular flexibility index (Phi) is 3.25. The van der Waals surface area contributed by atoms with Crippen molar-refractivity contribution < 1.29 is 19.3 Å². The molecular formula is C10H12BrFO3. The molecule has 2 N–H and O–H groups in total. The van der Waals surface area contributed by atoms with Gasteiger partial charge in [0.05, 0.1) is 22.7 Å². The van der Waals surface area contributed by atoms with Crippen LogP contribution in [0, 0.1) is 5.82 Å². The molecule has 0 saturated heterocycles. The van der Waals surface area contributed by atoms with Crippen molar-refractivity contribution in [2.24, 2.45) is 0 Å². The molecule has 0 aromatic heterocycles. The summed E-state index contributed by atoms with van der Waals surface area (Å²) >= 11 is 2.95. The number of halogens is 2. The molecule has 1 aromatic rings. The first-order valence-corrected chi connectivity index (χ1v) is 5.06. The molecule has 0 aliphatic carbocycles. The highest BCUT2D eigenvalue weighted by molar-refractivity contribution is 9.10. The zero-order valence-corrected chi connectivity index (χ0v) is 10.2. The first-order chi connectivity index (χ1) is 6.79. The van der Waals surface area contributed by atoms with Crippen molar-refractivity contribution in [2.75, 3.05) is 7.11 Å². The highest BCUT2D eigenvalue weighted by Gasteiger charge is 2.29. The van der Waals surface area contributed by atoms with Gasteiger partial charge in [-0.1, -0.05) is 0 Å². The summed E-state index contributed by atoms with van der Waals surface area (Å²) in [6.45, 7) is 2.83. The van der Waals surface area contributed by atoms with Crippen LogP contribution in [-0.2, 0) is 5.60 Å². The van der Waals surface area contributed by atoms with Gasteiger partial charge < -0.3 is 14.9 Å². The largest absolute Gasteiger partial charge is 0.504 e. The predicted molar refractivity (Wildman–Crippen MR) is 57.6 cm³/mol. The Hall–Kier alpha value is -0.810. The number of benzene rings is 1. The van der Waals surface area contributed by atoms with Crippen LogP contribution >= 0.6 is 15.9 Å². The molecule has 84 valence electrons. The van der Waals surface area contributed by atoms with Gasteiger partial charge in [0, 0.05) is 6.07 Å². The average molecular weight is 279 g/mol. The number of phenols is 1. The molecule has 3 nitrogen and oxygen atoms in total. The Morgan fingerprint density at radius 1 is 1.47 bits per heavy atom. The van der Waals surface area contributed by atoms with E-state index in [0.717, 1.165) is 0 Å². The van der Waals surface area contributed by atoms with E-state index in [-0.39, 0.29) is 21.5 Å². The summed E-state index contributed by atoms with van der Waals surface area (Å²) < 4.78 is 18.7. The number of hydrogen-bond acceptors (Lipinski definition) is 3. The van der Waals surface area contributed by atoms with E-state index in [0.29, 0.717) is 0 Å². The van der Waals surface area contributed by atoms with Gasteiger partial charge in [-0.15, -0.1) is 0 Å². The van der Waals surface area contributed by atoms with Crippen LogP contribution in [0.3, 0.4) is 0 Å². The quantitative estimate of drug-likeness (QED) is 0.874. The third-order valence-electron chi connectivity index (χ3n) is 1.97. The van der Waals surface area contributed by atoms with Crippen LogP contribution in [0.2, 0.25) is 0 Å². The smallest absolute Gasteiger partial charge is 0.169 e. The molecule has 0 atom stereocenters. The minimum atomic E-state index is -1.43. The van der Waals surface area contributed by atoms with E-state index in [9.17, 15) is 14.6 Å². The summed E-state index contributed by atoms with van der Waals surface area (Å²) in [6, 6.07) is 1.18. The number of ether oxygens (including phenoxy) is 1. The van der Waals surface area contributed by atoms with Crippen molar-refractivity contribution in [2.45, 2.75) is 19.4 Å². The normalized spacial score (nSPS) is 11.6. The molecule has 0 heterocycles. The van der Waals surface area contributed by atoms with Gasteiger partial charge in [-0.2, -0.15) is 0 Å². The number of phenolic OH excluding ortho intramolecular Hbond substituents is 1. The van der Waals surface area contributed by atoms with Crippen molar-refractivity contribution in [3.8, 4) is 11.5 Å². The van der Waals surface area contributed by atoms with Crippen LogP contribution in [0.25, 0.3) is 0 Å². The summed E-state index contributed by atoms with van der Waals surface area (Å²) in [5.74, 6) is -0.914. The molecule has 1 aromatic carbocycles. The molecular weight excluding hydrogens is 267 g/mol. The van der Waals surface area contributed by atoms with Gasteiger partial charge in [0.2, 0.25) is 0 Å². The first-order valence-electron chi connectivity index (χ1n) is 4.26. The van der Waals surface area contributed by atoms with Crippen molar-refractivity contribution in [3.63, 3.8) is 0 Å². The molecule has 0 aliphatic heterocycles. The highest BCUT2D eigenvalue weighted by atomic mass is 79.9. The summed E-state index contributed by atoms with van der Waals surface area (Å²) in [7, 11) is 1.30. The van der Waals surface area contributed by atoms with Gasteiger partial charge >= 0.3 is 0 Å². The topological polar surface area (TPSA) is 49.7 Å². The number of hydrogen-bond donors (Lipinski definition) is 2. The summed E-state index contributed by atoms with van der Waals surface area (Å²) in [5.41, 5.74) is -1.51. The third kappa shape index (κ3) is 2.23. The van der Waals surface area contributed by atoms with E-state index in [1.54, 1.807) is 0 Å². The Morgan fingerprint density at radius 2 is 2.00 bits per heavy atom. The van der Waals surface area contributed by atoms with Crippen LogP contribution < -0.4 is 4.74 Å². The fourth-order valence-electron chi connectivity index (χ4n) is 1.35. The zero-order chi connectivity index (χ0) is 11.8. The summed E-state index contributed by atoms with van der Waals surface area (Å²) in [5, 5.41) is 19.3. The molecule has 0 bridgehead atoms. The maximum absolute atomic E-state index is 13.7. The van der Waals surface area contributed by atoms with Crippen LogP contribution in [-0.4, -0.2) is 17.3 Å². The minimum Gasteiger partial charge on any atom is -0.504 e. The number of methoxy groups -OCH3 is 1. The van der Waals surface area contributed by atoms with Gasteiger partial charge in [0.15, 0.2) is 11.5 Å². The third-order valence-corrected chi connectivity index (χ3v) is 2.55. The molecule has 0 amide bonds. The second-order valence-corrected chi connectivity index (χ2v) is 4.51. The second kappa shape index (κ2) is 3.98. The standard InChI is InChI=1S/C10H12BrFO3/c1-10(2,14)7-8(12)5(11)4-6(13)9(7)15-3/h4,13-14H,1-3H3. The summed E-state index contributed by atoms with van der Waals surface area (Å²) in [6.07, 6.45) is 0. The number of aliphatic hydroxyl groups is 1. The molecule has 0 spiro atoms. The molecule has 0 aliphatic rings. The SMILES string of the molecule is COc1c(O)cc(Br)c(F)c1C(C)(C)O. The van der Waals surface area contributed by atoms with Gasteiger partial charge in [0.1, 0.15) is 5.82 Å². The highest BCUT2D eigenvalue weighted by Crippen LogP contribution is 2.41. The monoisotopic (exact) mass is 278 g/mol. The molecule has 0 fully saturated rings. The minimum absolute atomic E-state index is 0.0526. The molecule has 1 rings (SSSR count). The van der Waals surface area contributed by atoms with Crippen LogP contribution in [0.4, 0.5) is 4.39 Å². The van der Waals surface area contributed by atoms with E-state index >= 15 is 0 Å². The Labute approximate surface area is 95.6 Å². The van der Waals surface area contributed by atoms with Gasteiger partial charge in [-0.05, 0) is 29.8 Å². The average Bonchev–Trinajstić information content (AvgIpc) is 2.08. The molecule has 5 heteroatoms. The molecule has 0 radical (unpaired) electrons. The van der Waals surface area contributed by atoms with Crippen molar-refractivity contribution >= 4 is 15.9 Å². The predicted octanol–water partition coefficient (Wildman–Crippen LogP) is 2.53. The molecule has 15 heavy (non-hydrogen) atoms. The lowest BCUT2D eigenvalue weighted by Gasteiger charge is -2.22. The van der Waals surface area contributed by atoms with Crippen LogP contribution in [0.5, 0.6) is 11.5 Å². The fourth-order valence-corrected chi connectivity index (χ4v) is 1.76. The lowest BCUT2D eigenvalue weighted by molar-refractivity contribution is 0.0707. The van der Waals surface area contributed by atoms with Gasteiger partial charge in [-0.3, -0.25) is 0 Å². The Balaban J connectivity index is 3.59. The van der Waals surface area contributed by atoms with Crippen LogP contribution in [0.15, 0.2) is 10.5 Å². The van der Waals surface area contributed by atoms with Crippen molar-refractivity contribution in [1.29, 1.82) is 0 Å². The summed E-state index contributed by atoms with van der Waals surface area (Å²) in [4.78, 5) is 0. The van der Waals surface area contributed by atoms with Crippen molar-refractivity contribution in [3.05, 3.63) is 21.9 Å². The van der Waals surface area contributed by atoms with E-state index in [1.165, 1.54) is 27.0 Å². The number of rotatable bonds is 2. The van der Waals surface area contributed by atoms with E-state index in [1.807, 2.05) is 0 Å². The maximum Gasteiger partial charge on any atom is 0.169 e. The maximum atomic E-state index is 13.7. The lowest BCUT2D eigenvalue weighted by Crippen LogP contribution is -2.19. The lowest BCUT2D eigenvalue weighted by atomic mass is 9.96. The van der Waals surface area contributed by atoms with E-state index < -0.39 is 11.4 Å².